The van der Waals surface area contributed by atoms with Gasteiger partial charge in [0.25, 0.3) is 0 Å². The maximum Gasteiger partial charge on any atom is 0.249 e. The topological polar surface area (TPSA) is 58.6 Å². The molecule has 0 saturated carbocycles. The fourth-order valence-electron chi connectivity index (χ4n) is 2.72. The van der Waals surface area contributed by atoms with Gasteiger partial charge in [0.1, 0.15) is 6.10 Å². The van der Waals surface area contributed by atoms with Crippen LogP contribution in [-0.4, -0.2) is 48.6 Å². The molecule has 2 aliphatic rings. The molecule has 0 aliphatic carbocycles. The zero-order chi connectivity index (χ0) is 13.7. The number of nitrogens with one attached hydrogen (secondary N) is 1. The van der Waals surface area contributed by atoms with E-state index >= 15 is 0 Å². The lowest BCUT2D eigenvalue weighted by Crippen LogP contribution is -2.48. The first kappa shape index (κ1) is 14.3. The molecular formula is C14H24N2O3. The third kappa shape index (κ3) is 3.93. The SMILES string of the molecule is CCCC(=O)N1CCC(NC(=O)C2CCCO2)CC1. The molecule has 0 radical (unpaired) electrons. The summed E-state index contributed by atoms with van der Waals surface area (Å²) in [6.07, 6.45) is 4.80. The lowest BCUT2D eigenvalue weighted by Gasteiger charge is -2.32. The highest BCUT2D eigenvalue weighted by Crippen LogP contribution is 2.15. The fourth-order valence-corrected chi connectivity index (χ4v) is 2.72. The Morgan fingerprint density at radius 1 is 1.26 bits per heavy atom. The number of rotatable bonds is 4. The number of hydrogen-bond donors (Lipinski definition) is 1. The fraction of sp³-hybridized carbons (Fsp3) is 0.857. The molecular weight excluding hydrogens is 244 g/mol. The Morgan fingerprint density at radius 2 is 2.00 bits per heavy atom. The molecule has 5 heteroatoms. The van der Waals surface area contributed by atoms with E-state index in [4.69, 9.17) is 4.74 Å². The van der Waals surface area contributed by atoms with Crippen LogP contribution in [0, 0.1) is 0 Å². The van der Waals surface area contributed by atoms with Crippen LogP contribution in [0.2, 0.25) is 0 Å². The van der Waals surface area contributed by atoms with E-state index < -0.39 is 0 Å². The summed E-state index contributed by atoms with van der Waals surface area (Å²) in [6, 6.07) is 0.197. The highest BCUT2D eigenvalue weighted by Gasteiger charge is 2.28. The highest BCUT2D eigenvalue weighted by atomic mass is 16.5. The summed E-state index contributed by atoms with van der Waals surface area (Å²) >= 11 is 0. The summed E-state index contributed by atoms with van der Waals surface area (Å²) in [6.45, 7) is 4.24. The van der Waals surface area contributed by atoms with E-state index in [1.165, 1.54) is 0 Å². The van der Waals surface area contributed by atoms with Crippen molar-refractivity contribution in [2.75, 3.05) is 19.7 Å². The van der Waals surface area contributed by atoms with Gasteiger partial charge in [-0.1, -0.05) is 6.92 Å². The number of nitrogens with zero attached hydrogens (tertiary/aromatic N) is 1. The molecule has 108 valence electrons. The molecule has 5 nitrogen and oxygen atoms in total. The molecule has 1 N–H and O–H groups in total. The first-order valence-electron chi connectivity index (χ1n) is 7.40. The minimum Gasteiger partial charge on any atom is -0.368 e. The van der Waals surface area contributed by atoms with Gasteiger partial charge in [-0.3, -0.25) is 9.59 Å². The van der Waals surface area contributed by atoms with Crippen LogP contribution >= 0.6 is 0 Å². The molecule has 0 aromatic heterocycles. The smallest absolute Gasteiger partial charge is 0.249 e. The standard InChI is InChI=1S/C14H24N2O3/c1-2-4-13(17)16-8-6-11(7-9-16)15-14(18)12-5-3-10-19-12/h11-12H,2-10H2,1H3,(H,15,18). The van der Waals surface area contributed by atoms with Gasteiger partial charge in [-0.05, 0) is 32.1 Å². The molecule has 2 rings (SSSR count). The third-order valence-corrected chi connectivity index (χ3v) is 3.88. The number of amides is 2. The highest BCUT2D eigenvalue weighted by molar-refractivity contribution is 5.81. The maximum absolute atomic E-state index is 11.9. The molecule has 0 bridgehead atoms. The summed E-state index contributed by atoms with van der Waals surface area (Å²) < 4.78 is 5.37. The van der Waals surface area contributed by atoms with Crippen molar-refractivity contribution in [1.82, 2.24) is 10.2 Å². The second kappa shape index (κ2) is 6.89. The molecule has 1 unspecified atom stereocenters. The van der Waals surface area contributed by atoms with Crippen molar-refractivity contribution in [3.05, 3.63) is 0 Å². The monoisotopic (exact) mass is 268 g/mol. The summed E-state index contributed by atoms with van der Waals surface area (Å²) in [5, 5.41) is 3.05. The molecule has 2 amide bonds. The number of ether oxygens (including phenoxy) is 1. The Kier molecular flexibility index (Phi) is 5.19. The van der Waals surface area contributed by atoms with Crippen LogP contribution in [0.3, 0.4) is 0 Å². The average molecular weight is 268 g/mol. The number of hydrogen-bond acceptors (Lipinski definition) is 3. The van der Waals surface area contributed by atoms with E-state index in [-0.39, 0.29) is 24.0 Å². The van der Waals surface area contributed by atoms with Gasteiger partial charge in [0, 0.05) is 32.2 Å². The van der Waals surface area contributed by atoms with E-state index in [0.717, 1.165) is 45.2 Å². The van der Waals surface area contributed by atoms with Crippen LogP contribution in [0.15, 0.2) is 0 Å². The first-order chi connectivity index (χ1) is 9.20. The van der Waals surface area contributed by atoms with Crippen LogP contribution in [0.1, 0.15) is 45.4 Å². The number of carbonyl (C=O) groups excluding carboxylic acids is 2. The van der Waals surface area contributed by atoms with E-state index in [9.17, 15) is 9.59 Å². The summed E-state index contributed by atoms with van der Waals surface area (Å²) in [5.41, 5.74) is 0. The zero-order valence-electron chi connectivity index (χ0n) is 11.7. The molecule has 0 spiro atoms. The van der Waals surface area contributed by atoms with Gasteiger partial charge < -0.3 is 15.0 Å². The molecule has 2 saturated heterocycles. The minimum absolute atomic E-state index is 0.0239. The second-order valence-corrected chi connectivity index (χ2v) is 5.42. The predicted molar refractivity (Wildman–Crippen MR) is 71.6 cm³/mol. The van der Waals surface area contributed by atoms with E-state index in [2.05, 4.69) is 5.32 Å². The van der Waals surface area contributed by atoms with Crippen molar-refractivity contribution in [3.63, 3.8) is 0 Å². The van der Waals surface area contributed by atoms with Crippen LogP contribution in [0.4, 0.5) is 0 Å². The summed E-state index contributed by atoms with van der Waals surface area (Å²) in [4.78, 5) is 25.6. The van der Waals surface area contributed by atoms with Crippen molar-refractivity contribution in [2.45, 2.75) is 57.6 Å². The number of piperidine rings is 1. The maximum atomic E-state index is 11.9. The average Bonchev–Trinajstić information content (AvgIpc) is 2.94. The quantitative estimate of drug-likeness (QED) is 0.830. The van der Waals surface area contributed by atoms with Crippen LogP contribution in [-0.2, 0) is 14.3 Å². The molecule has 2 fully saturated rings. The van der Waals surface area contributed by atoms with Crippen LogP contribution < -0.4 is 5.32 Å². The van der Waals surface area contributed by atoms with Gasteiger partial charge >= 0.3 is 0 Å². The Labute approximate surface area is 114 Å². The molecule has 0 aromatic rings. The Balaban J connectivity index is 1.71. The first-order valence-corrected chi connectivity index (χ1v) is 7.40. The van der Waals surface area contributed by atoms with Crippen molar-refractivity contribution in [2.24, 2.45) is 0 Å². The molecule has 2 aliphatic heterocycles. The Hall–Kier alpha value is -1.10. The molecule has 0 aromatic carbocycles. The van der Waals surface area contributed by atoms with Crippen LogP contribution in [0.5, 0.6) is 0 Å². The number of carbonyl (C=O) groups is 2. The molecule has 2 heterocycles. The van der Waals surface area contributed by atoms with Gasteiger partial charge in [0.2, 0.25) is 11.8 Å². The van der Waals surface area contributed by atoms with Crippen molar-refractivity contribution < 1.29 is 14.3 Å². The Morgan fingerprint density at radius 3 is 2.58 bits per heavy atom. The largest absolute Gasteiger partial charge is 0.368 e. The van der Waals surface area contributed by atoms with Crippen molar-refractivity contribution >= 4 is 11.8 Å². The molecule has 1 atom stereocenters. The zero-order valence-corrected chi connectivity index (χ0v) is 11.7. The third-order valence-electron chi connectivity index (χ3n) is 3.88. The minimum atomic E-state index is -0.250. The second-order valence-electron chi connectivity index (χ2n) is 5.42. The molecule has 19 heavy (non-hydrogen) atoms. The van der Waals surface area contributed by atoms with E-state index in [0.29, 0.717) is 13.0 Å². The lowest BCUT2D eigenvalue weighted by atomic mass is 10.0. The normalized spacial score (nSPS) is 24.5. The van der Waals surface area contributed by atoms with Gasteiger partial charge in [-0.15, -0.1) is 0 Å². The predicted octanol–water partition coefficient (Wildman–Crippen LogP) is 1.07. The summed E-state index contributed by atoms with van der Waals surface area (Å²) in [7, 11) is 0. The van der Waals surface area contributed by atoms with E-state index in [1.807, 2.05) is 11.8 Å². The Bertz CT molecular complexity index is 319. The van der Waals surface area contributed by atoms with Gasteiger partial charge in [-0.2, -0.15) is 0 Å². The lowest BCUT2D eigenvalue weighted by molar-refractivity contribution is -0.133. The van der Waals surface area contributed by atoms with Gasteiger partial charge in [-0.25, -0.2) is 0 Å². The van der Waals surface area contributed by atoms with Crippen molar-refractivity contribution in [1.29, 1.82) is 0 Å². The number of likely N-dealkylation sites (tertiary alicyclic amines) is 1. The van der Waals surface area contributed by atoms with E-state index in [1.54, 1.807) is 0 Å². The van der Waals surface area contributed by atoms with Gasteiger partial charge in [0.05, 0.1) is 0 Å². The van der Waals surface area contributed by atoms with Gasteiger partial charge in [0.15, 0.2) is 0 Å². The van der Waals surface area contributed by atoms with Crippen molar-refractivity contribution in [3.8, 4) is 0 Å². The van der Waals surface area contributed by atoms with Crippen LogP contribution in [0.25, 0.3) is 0 Å². The summed E-state index contributed by atoms with van der Waals surface area (Å²) in [5.74, 6) is 0.266.